The van der Waals surface area contributed by atoms with Crippen molar-refractivity contribution in [3.05, 3.63) is 46.4 Å². The number of pyridine rings is 1. The number of aromatic nitrogens is 1. The van der Waals surface area contributed by atoms with Gasteiger partial charge in [-0.05, 0) is 24.6 Å². The average molecular weight is 343 g/mol. The molecule has 0 atom stereocenters. The number of nitrogens with zero attached hydrogens (tertiary/aromatic N) is 1. The molecule has 0 amide bonds. The van der Waals surface area contributed by atoms with E-state index in [4.69, 9.17) is 4.74 Å². The van der Waals surface area contributed by atoms with Crippen LogP contribution >= 0.6 is 15.9 Å². The third-order valence-corrected chi connectivity index (χ3v) is 2.91. The predicted octanol–water partition coefficient (Wildman–Crippen LogP) is 4.74. The van der Waals surface area contributed by atoms with Gasteiger partial charge in [0.25, 0.3) is 0 Å². The number of benzene rings is 1. The summed E-state index contributed by atoms with van der Waals surface area (Å²) in [7, 11) is 0. The lowest BCUT2D eigenvalue weighted by molar-refractivity contribution is 0.405. The molecule has 0 saturated heterocycles. The molecule has 0 spiro atoms. The van der Waals surface area contributed by atoms with Crippen molar-refractivity contribution in [3.63, 3.8) is 0 Å². The summed E-state index contributed by atoms with van der Waals surface area (Å²) in [6.45, 7) is 2.81. The Morgan fingerprint density at radius 2 is 2.10 bits per heavy atom. The number of rotatable bonds is 5. The second-order valence-corrected chi connectivity index (χ2v) is 5.01. The van der Waals surface area contributed by atoms with Crippen molar-refractivity contribution in [2.45, 2.75) is 13.3 Å². The lowest BCUT2D eigenvalue weighted by atomic mass is 10.3. The molecule has 0 aliphatic rings. The number of ether oxygens (including phenoxy) is 1. The minimum Gasteiger partial charge on any atom is -0.436 e. The lowest BCUT2D eigenvalue weighted by Gasteiger charge is -2.09. The monoisotopic (exact) mass is 342 g/mol. The maximum absolute atomic E-state index is 13.6. The first kappa shape index (κ1) is 14.7. The standard InChI is InChI=1S/C14H13BrF2N2O/c1-2-6-18-12-4-3-5-13(19-12)20-11-8-9(15)7-10(16)14(11)17/h3-5,7-8H,2,6H2,1H3,(H,18,19). The number of nitrogens with one attached hydrogen (secondary N) is 1. The molecule has 0 fully saturated rings. The van der Waals surface area contributed by atoms with E-state index in [0.717, 1.165) is 19.0 Å². The molecule has 20 heavy (non-hydrogen) atoms. The molecule has 6 heteroatoms. The third kappa shape index (κ3) is 3.66. The first-order valence-corrected chi connectivity index (χ1v) is 6.92. The van der Waals surface area contributed by atoms with E-state index in [2.05, 4.69) is 26.2 Å². The van der Waals surface area contributed by atoms with Gasteiger partial charge >= 0.3 is 0 Å². The summed E-state index contributed by atoms with van der Waals surface area (Å²) in [5, 5.41) is 3.09. The topological polar surface area (TPSA) is 34.1 Å². The van der Waals surface area contributed by atoms with E-state index in [9.17, 15) is 8.78 Å². The van der Waals surface area contributed by atoms with E-state index in [1.807, 2.05) is 6.92 Å². The molecule has 1 N–H and O–H groups in total. The first-order valence-electron chi connectivity index (χ1n) is 6.13. The Hall–Kier alpha value is -1.69. The van der Waals surface area contributed by atoms with Gasteiger partial charge in [0.15, 0.2) is 11.6 Å². The maximum atomic E-state index is 13.6. The summed E-state index contributed by atoms with van der Waals surface area (Å²) >= 11 is 3.09. The average Bonchev–Trinajstić information content (AvgIpc) is 2.42. The molecule has 0 aliphatic carbocycles. The Kier molecular flexibility index (Phi) is 4.89. The molecule has 2 rings (SSSR count). The highest BCUT2D eigenvalue weighted by atomic mass is 79.9. The van der Waals surface area contributed by atoms with Crippen molar-refractivity contribution >= 4 is 21.7 Å². The molecule has 2 aromatic rings. The molecule has 0 unspecified atom stereocenters. The van der Waals surface area contributed by atoms with Crippen molar-refractivity contribution in [2.24, 2.45) is 0 Å². The quantitative estimate of drug-likeness (QED) is 0.797. The predicted molar refractivity (Wildman–Crippen MR) is 77.1 cm³/mol. The molecule has 0 bridgehead atoms. The van der Waals surface area contributed by atoms with Crippen LogP contribution < -0.4 is 10.1 Å². The zero-order chi connectivity index (χ0) is 14.5. The lowest BCUT2D eigenvalue weighted by Crippen LogP contribution is -2.02. The highest BCUT2D eigenvalue weighted by Crippen LogP contribution is 2.29. The highest BCUT2D eigenvalue weighted by molar-refractivity contribution is 9.10. The van der Waals surface area contributed by atoms with Crippen LogP contribution in [0.2, 0.25) is 0 Å². The molecule has 1 aromatic heterocycles. The first-order chi connectivity index (χ1) is 9.60. The van der Waals surface area contributed by atoms with Gasteiger partial charge in [0.05, 0.1) is 0 Å². The summed E-state index contributed by atoms with van der Waals surface area (Å²) in [6, 6.07) is 7.48. The van der Waals surface area contributed by atoms with Gasteiger partial charge in [-0.25, -0.2) is 4.39 Å². The fourth-order valence-corrected chi connectivity index (χ4v) is 1.95. The summed E-state index contributed by atoms with van der Waals surface area (Å²) in [5.41, 5.74) is 0. The second kappa shape index (κ2) is 6.65. The molecule has 106 valence electrons. The maximum Gasteiger partial charge on any atom is 0.221 e. The van der Waals surface area contributed by atoms with Crippen LogP contribution in [0.25, 0.3) is 0 Å². The molecule has 0 saturated carbocycles. The fourth-order valence-electron chi connectivity index (χ4n) is 1.54. The second-order valence-electron chi connectivity index (χ2n) is 4.09. The Balaban J connectivity index is 2.21. The van der Waals surface area contributed by atoms with Crippen LogP contribution in [0.1, 0.15) is 13.3 Å². The van der Waals surface area contributed by atoms with Crippen molar-refractivity contribution in [3.8, 4) is 11.6 Å². The van der Waals surface area contributed by atoms with Crippen LogP contribution in [-0.4, -0.2) is 11.5 Å². The van der Waals surface area contributed by atoms with Crippen molar-refractivity contribution < 1.29 is 13.5 Å². The number of halogens is 3. The molecule has 1 heterocycles. The Morgan fingerprint density at radius 1 is 1.30 bits per heavy atom. The number of hydrogen-bond donors (Lipinski definition) is 1. The van der Waals surface area contributed by atoms with Gasteiger partial charge in [0.1, 0.15) is 5.82 Å². The summed E-state index contributed by atoms with van der Waals surface area (Å²) in [5.74, 6) is -1.41. The van der Waals surface area contributed by atoms with Gasteiger partial charge in [-0.3, -0.25) is 0 Å². The normalized spacial score (nSPS) is 10.4. The van der Waals surface area contributed by atoms with Gasteiger partial charge in [-0.2, -0.15) is 9.37 Å². The van der Waals surface area contributed by atoms with Crippen molar-refractivity contribution in [2.75, 3.05) is 11.9 Å². The van der Waals surface area contributed by atoms with Gasteiger partial charge in [-0.15, -0.1) is 0 Å². The van der Waals surface area contributed by atoms with Crippen LogP contribution in [0.3, 0.4) is 0 Å². The number of anilines is 1. The van der Waals surface area contributed by atoms with E-state index in [-0.39, 0.29) is 11.6 Å². The van der Waals surface area contributed by atoms with E-state index in [0.29, 0.717) is 10.3 Å². The summed E-state index contributed by atoms with van der Waals surface area (Å²) in [6.07, 6.45) is 0.957. The smallest absolute Gasteiger partial charge is 0.221 e. The Bertz CT molecular complexity index is 608. The molecule has 3 nitrogen and oxygen atoms in total. The van der Waals surface area contributed by atoms with Gasteiger partial charge in [0.2, 0.25) is 11.7 Å². The summed E-state index contributed by atoms with van der Waals surface area (Å²) < 4.78 is 32.6. The van der Waals surface area contributed by atoms with E-state index in [1.54, 1.807) is 18.2 Å². The van der Waals surface area contributed by atoms with Crippen LogP contribution in [0.4, 0.5) is 14.6 Å². The largest absolute Gasteiger partial charge is 0.436 e. The zero-order valence-corrected chi connectivity index (χ0v) is 12.4. The van der Waals surface area contributed by atoms with Gasteiger partial charge in [0, 0.05) is 17.1 Å². The van der Waals surface area contributed by atoms with Crippen LogP contribution in [0, 0.1) is 11.6 Å². The molecule has 0 radical (unpaired) electrons. The highest BCUT2D eigenvalue weighted by Gasteiger charge is 2.12. The van der Waals surface area contributed by atoms with Crippen LogP contribution in [0.5, 0.6) is 11.6 Å². The Morgan fingerprint density at radius 3 is 2.85 bits per heavy atom. The van der Waals surface area contributed by atoms with Crippen LogP contribution in [0.15, 0.2) is 34.8 Å². The third-order valence-electron chi connectivity index (χ3n) is 2.45. The number of hydrogen-bond acceptors (Lipinski definition) is 3. The zero-order valence-electron chi connectivity index (χ0n) is 10.8. The van der Waals surface area contributed by atoms with E-state index < -0.39 is 11.6 Å². The fraction of sp³-hybridized carbons (Fsp3) is 0.214. The Labute approximate surface area is 124 Å². The van der Waals surface area contributed by atoms with Gasteiger partial charge < -0.3 is 10.1 Å². The van der Waals surface area contributed by atoms with Gasteiger partial charge in [-0.1, -0.05) is 28.9 Å². The molecule has 0 aliphatic heterocycles. The molecular weight excluding hydrogens is 330 g/mol. The molecule has 1 aromatic carbocycles. The van der Waals surface area contributed by atoms with E-state index in [1.165, 1.54) is 6.07 Å². The van der Waals surface area contributed by atoms with Crippen molar-refractivity contribution in [1.82, 2.24) is 4.98 Å². The van der Waals surface area contributed by atoms with Crippen LogP contribution in [-0.2, 0) is 0 Å². The van der Waals surface area contributed by atoms with Crippen molar-refractivity contribution in [1.29, 1.82) is 0 Å². The minimum atomic E-state index is -1.04. The SMILES string of the molecule is CCCNc1cccc(Oc2cc(Br)cc(F)c2F)n1. The van der Waals surface area contributed by atoms with E-state index >= 15 is 0 Å². The minimum absolute atomic E-state index is 0.197. The summed E-state index contributed by atoms with van der Waals surface area (Å²) in [4.78, 5) is 4.17. The molecular formula is C14H13BrF2N2O.